The average Bonchev–Trinajstić information content (AvgIpc) is 2.49. The number of hydrogen-bond donors (Lipinski definition) is 1. The summed E-state index contributed by atoms with van der Waals surface area (Å²) in [7, 11) is 0. The average molecular weight is 274 g/mol. The van der Waals surface area contributed by atoms with Crippen LogP contribution in [0.2, 0.25) is 0 Å². The van der Waals surface area contributed by atoms with Crippen LogP contribution in [0.25, 0.3) is 0 Å². The largest absolute Gasteiger partial charge is 0.492 e. The predicted molar refractivity (Wildman–Crippen MR) is 73.8 cm³/mol. The lowest BCUT2D eigenvalue weighted by Gasteiger charge is -2.10. The third kappa shape index (κ3) is 3.54. The van der Waals surface area contributed by atoms with E-state index in [-0.39, 0.29) is 0 Å². The Hall–Kier alpha value is -2.43. The minimum Gasteiger partial charge on any atom is -0.492 e. The molecule has 2 rings (SSSR count). The topological polar surface area (TPSA) is 54.7 Å². The van der Waals surface area contributed by atoms with Crippen LogP contribution < -0.4 is 4.74 Å². The first-order valence-corrected chi connectivity index (χ1v) is 6.22. The number of oxime groups is 1. The summed E-state index contributed by atoms with van der Waals surface area (Å²) in [4.78, 5) is 4.19. The second-order valence-corrected chi connectivity index (χ2v) is 4.25. The quantitative estimate of drug-likeness (QED) is 0.518. The molecule has 0 amide bonds. The lowest BCUT2D eigenvalue weighted by Crippen LogP contribution is -2.07. The van der Waals surface area contributed by atoms with E-state index in [0.717, 1.165) is 5.69 Å². The van der Waals surface area contributed by atoms with Gasteiger partial charge in [0.15, 0.2) is 0 Å². The first-order chi connectivity index (χ1) is 9.70. The Bertz CT molecular complexity index is 600. The maximum absolute atomic E-state index is 13.2. The zero-order valence-corrected chi connectivity index (χ0v) is 11.1. The maximum Gasteiger partial charge on any atom is 0.128 e. The molecule has 20 heavy (non-hydrogen) atoms. The van der Waals surface area contributed by atoms with Gasteiger partial charge in [-0.05, 0) is 37.3 Å². The fraction of sp³-hybridized carbons (Fsp3) is 0.200. The van der Waals surface area contributed by atoms with Gasteiger partial charge in [-0.25, -0.2) is 4.39 Å². The summed E-state index contributed by atoms with van der Waals surface area (Å²) in [6.45, 7) is 1.99. The van der Waals surface area contributed by atoms with E-state index in [1.165, 1.54) is 18.2 Å². The molecule has 0 aliphatic carbocycles. The van der Waals surface area contributed by atoms with Gasteiger partial charge in [0.1, 0.15) is 11.6 Å². The van der Waals surface area contributed by atoms with E-state index in [1.54, 1.807) is 13.1 Å². The number of pyridine rings is 1. The SMILES string of the molecule is C/C(=N/O)c1cc(F)ccc1OCCc1ccccn1. The molecule has 0 bridgehead atoms. The van der Waals surface area contributed by atoms with Crippen molar-refractivity contribution in [1.82, 2.24) is 4.98 Å². The number of ether oxygens (including phenoxy) is 1. The molecular weight excluding hydrogens is 259 g/mol. The van der Waals surface area contributed by atoms with Gasteiger partial charge in [0, 0.05) is 23.9 Å². The minimum atomic E-state index is -0.403. The van der Waals surface area contributed by atoms with Crippen LogP contribution in [-0.4, -0.2) is 22.5 Å². The molecule has 104 valence electrons. The molecule has 0 unspecified atom stereocenters. The van der Waals surface area contributed by atoms with E-state index in [0.29, 0.717) is 30.1 Å². The smallest absolute Gasteiger partial charge is 0.128 e. The van der Waals surface area contributed by atoms with E-state index in [9.17, 15) is 4.39 Å². The lowest BCUT2D eigenvalue weighted by atomic mass is 10.1. The Morgan fingerprint density at radius 2 is 2.20 bits per heavy atom. The molecule has 5 heteroatoms. The molecule has 0 spiro atoms. The van der Waals surface area contributed by atoms with Crippen LogP contribution >= 0.6 is 0 Å². The number of nitrogens with zero attached hydrogens (tertiary/aromatic N) is 2. The van der Waals surface area contributed by atoms with Gasteiger partial charge in [0.2, 0.25) is 0 Å². The Kier molecular flexibility index (Phi) is 4.65. The van der Waals surface area contributed by atoms with Crippen molar-refractivity contribution in [3.8, 4) is 5.75 Å². The van der Waals surface area contributed by atoms with Crippen LogP contribution in [0.1, 0.15) is 18.2 Å². The number of halogens is 1. The molecule has 2 aromatic rings. The Balaban J connectivity index is 2.06. The fourth-order valence-electron chi connectivity index (χ4n) is 1.78. The Labute approximate surface area is 116 Å². The monoisotopic (exact) mass is 274 g/mol. The highest BCUT2D eigenvalue weighted by Gasteiger charge is 2.09. The second kappa shape index (κ2) is 6.65. The number of hydrogen-bond acceptors (Lipinski definition) is 4. The summed E-state index contributed by atoms with van der Waals surface area (Å²) in [6, 6.07) is 9.79. The molecule has 4 nitrogen and oxygen atoms in total. The maximum atomic E-state index is 13.2. The van der Waals surface area contributed by atoms with Crippen LogP contribution in [0.3, 0.4) is 0 Å². The number of rotatable bonds is 5. The summed E-state index contributed by atoms with van der Waals surface area (Å²) < 4.78 is 18.8. The van der Waals surface area contributed by atoms with Crippen LogP contribution in [-0.2, 0) is 6.42 Å². The number of aromatic nitrogens is 1. The summed E-state index contributed by atoms with van der Waals surface area (Å²) in [5.41, 5.74) is 1.66. The van der Waals surface area contributed by atoms with Gasteiger partial charge in [0.25, 0.3) is 0 Å². The van der Waals surface area contributed by atoms with Crippen molar-refractivity contribution in [1.29, 1.82) is 0 Å². The molecule has 0 fully saturated rings. The molecule has 0 radical (unpaired) electrons. The molecule has 0 saturated heterocycles. The molecule has 1 aromatic carbocycles. The van der Waals surface area contributed by atoms with Crippen molar-refractivity contribution in [2.75, 3.05) is 6.61 Å². The zero-order chi connectivity index (χ0) is 14.4. The standard InChI is InChI=1S/C15H15FN2O2/c1-11(18-19)14-10-12(16)5-6-15(14)20-9-7-13-4-2-3-8-17-13/h2-6,8,10,19H,7,9H2,1H3/b18-11-. The van der Waals surface area contributed by atoms with Gasteiger partial charge in [-0.3, -0.25) is 4.98 Å². The van der Waals surface area contributed by atoms with Crippen LogP contribution in [0.4, 0.5) is 4.39 Å². The van der Waals surface area contributed by atoms with E-state index < -0.39 is 5.82 Å². The molecule has 0 aliphatic heterocycles. The first kappa shape index (κ1) is 14.0. The number of benzene rings is 1. The van der Waals surface area contributed by atoms with Crippen molar-refractivity contribution < 1.29 is 14.3 Å². The highest BCUT2D eigenvalue weighted by atomic mass is 19.1. The zero-order valence-electron chi connectivity index (χ0n) is 11.1. The molecule has 0 aliphatic rings. The van der Waals surface area contributed by atoms with Crippen molar-refractivity contribution in [3.63, 3.8) is 0 Å². The summed E-state index contributed by atoms with van der Waals surface area (Å²) >= 11 is 0. The van der Waals surface area contributed by atoms with Gasteiger partial charge in [-0.1, -0.05) is 11.2 Å². The molecular formula is C15H15FN2O2. The van der Waals surface area contributed by atoms with E-state index in [1.807, 2.05) is 18.2 Å². The third-order valence-electron chi connectivity index (χ3n) is 2.82. The van der Waals surface area contributed by atoms with Gasteiger partial charge < -0.3 is 9.94 Å². The summed E-state index contributed by atoms with van der Waals surface area (Å²) in [6.07, 6.45) is 2.37. The molecule has 1 aromatic heterocycles. The van der Waals surface area contributed by atoms with Gasteiger partial charge in [-0.2, -0.15) is 0 Å². The van der Waals surface area contributed by atoms with E-state index in [4.69, 9.17) is 9.94 Å². The summed E-state index contributed by atoms with van der Waals surface area (Å²) in [5, 5.41) is 11.9. The lowest BCUT2D eigenvalue weighted by molar-refractivity contribution is 0.313. The fourth-order valence-corrected chi connectivity index (χ4v) is 1.78. The molecule has 1 heterocycles. The summed E-state index contributed by atoms with van der Waals surface area (Å²) in [5.74, 6) is 0.0812. The second-order valence-electron chi connectivity index (χ2n) is 4.25. The van der Waals surface area contributed by atoms with Gasteiger partial charge >= 0.3 is 0 Å². The normalized spacial score (nSPS) is 11.4. The van der Waals surface area contributed by atoms with Gasteiger partial charge in [-0.15, -0.1) is 0 Å². The first-order valence-electron chi connectivity index (χ1n) is 6.22. The van der Waals surface area contributed by atoms with E-state index in [2.05, 4.69) is 10.1 Å². The van der Waals surface area contributed by atoms with Crippen LogP contribution in [0.5, 0.6) is 5.75 Å². The van der Waals surface area contributed by atoms with Crippen molar-refractivity contribution in [3.05, 3.63) is 59.7 Å². The van der Waals surface area contributed by atoms with Crippen molar-refractivity contribution >= 4 is 5.71 Å². The highest BCUT2D eigenvalue weighted by Crippen LogP contribution is 2.21. The van der Waals surface area contributed by atoms with Crippen molar-refractivity contribution in [2.45, 2.75) is 13.3 Å². The van der Waals surface area contributed by atoms with Gasteiger partial charge in [0.05, 0.1) is 12.3 Å². The highest BCUT2D eigenvalue weighted by molar-refractivity contribution is 6.00. The molecule has 0 saturated carbocycles. The molecule has 1 N–H and O–H groups in total. The van der Waals surface area contributed by atoms with Crippen LogP contribution in [0, 0.1) is 5.82 Å². The molecule has 0 atom stereocenters. The Morgan fingerprint density at radius 3 is 2.90 bits per heavy atom. The predicted octanol–water partition coefficient (Wildman–Crippen LogP) is 3.04. The van der Waals surface area contributed by atoms with E-state index >= 15 is 0 Å². The van der Waals surface area contributed by atoms with Crippen molar-refractivity contribution in [2.24, 2.45) is 5.16 Å². The third-order valence-corrected chi connectivity index (χ3v) is 2.82. The minimum absolute atomic E-state index is 0.303. The Morgan fingerprint density at radius 1 is 1.35 bits per heavy atom. The van der Waals surface area contributed by atoms with Crippen LogP contribution in [0.15, 0.2) is 47.8 Å².